The van der Waals surface area contributed by atoms with Crippen LogP contribution in [0.3, 0.4) is 0 Å². The van der Waals surface area contributed by atoms with Gasteiger partial charge in [-0.05, 0) is 38.1 Å². The summed E-state index contributed by atoms with van der Waals surface area (Å²) in [5.41, 5.74) is 0.0533. The lowest BCUT2D eigenvalue weighted by Gasteiger charge is -2.25. The molecule has 2 rings (SSSR count). The number of anilines is 1. The summed E-state index contributed by atoms with van der Waals surface area (Å²) in [4.78, 5) is 25.6. The average molecular weight is 326 g/mol. The molecule has 3 N–H and O–H groups in total. The van der Waals surface area contributed by atoms with E-state index < -0.39 is 11.6 Å². The number of urea groups is 1. The van der Waals surface area contributed by atoms with Gasteiger partial charge in [0.1, 0.15) is 0 Å². The van der Waals surface area contributed by atoms with Gasteiger partial charge in [0.25, 0.3) is 0 Å². The first-order valence-corrected chi connectivity index (χ1v) is 7.44. The van der Waals surface area contributed by atoms with Gasteiger partial charge in [0.2, 0.25) is 5.91 Å². The van der Waals surface area contributed by atoms with Crippen LogP contribution >= 0.6 is 11.6 Å². The van der Waals surface area contributed by atoms with Crippen molar-refractivity contribution in [2.24, 2.45) is 0 Å². The van der Waals surface area contributed by atoms with Gasteiger partial charge in [-0.15, -0.1) is 0 Å². The van der Waals surface area contributed by atoms with E-state index in [1.807, 2.05) is 0 Å². The number of nitrogens with one attached hydrogen (secondary N) is 2. The van der Waals surface area contributed by atoms with E-state index in [1.165, 1.54) is 0 Å². The molecule has 1 heterocycles. The fourth-order valence-electron chi connectivity index (χ4n) is 2.24. The van der Waals surface area contributed by atoms with Crippen molar-refractivity contribution in [2.75, 3.05) is 18.1 Å². The molecule has 1 saturated heterocycles. The molecular weight excluding hydrogens is 306 g/mol. The van der Waals surface area contributed by atoms with E-state index >= 15 is 0 Å². The Morgan fingerprint density at radius 3 is 2.64 bits per heavy atom. The largest absolute Gasteiger partial charge is 0.394 e. The summed E-state index contributed by atoms with van der Waals surface area (Å²) >= 11 is 5.84. The molecule has 6 nitrogen and oxygen atoms in total. The fraction of sp³-hybridized carbons (Fsp3) is 0.467. The minimum absolute atomic E-state index is 0.0472. The molecule has 1 aromatic carbocycles. The molecule has 1 aromatic rings. The van der Waals surface area contributed by atoms with E-state index in [2.05, 4.69) is 10.6 Å². The summed E-state index contributed by atoms with van der Waals surface area (Å²) in [5, 5.41) is 15.2. The minimum atomic E-state index is -0.706. The first-order valence-electron chi connectivity index (χ1n) is 7.06. The summed E-state index contributed by atoms with van der Waals surface area (Å²) in [6.45, 7) is 3.67. The van der Waals surface area contributed by atoms with Gasteiger partial charge < -0.3 is 20.6 Å². The van der Waals surface area contributed by atoms with Crippen LogP contribution in [0.4, 0.5) is 10.5 Å². The summed E-state index contributed by atoms with van der Waals surface area (Å²) in [6.07, 6.45) is 0.246. The van der Waals surface area contributed by atoms with E-state index in [4.69, 9.17) is 16.7 Å². The zero-order valence-electron chi connectivity index (χ0n) is 12.6. The highest BCUT2D eigenvalue weighted by molar-refractivity contribution is 6.30. The summed E-state index contributed by atoms with van der Waals surface area (Å²) in [7, 11) is 0. The Balaban J connectivity index is 1.95. The van der Waals surface area contributed by atoms with E-state index in [1.54, 1.807) is 43.0 Å². The lowest BCUT2D eigenvalue weighted by molar-refractivity contribution is -0.117. The number of carbonyl (C=O) groups is 2. The van der Waals surface area contributed by atoms with Crippen LogP contribution in [0.5, 0.6) is 0 Å². The van der Waals surface area contributed by atoms with E-state index in [0.29, 0.717) is 11.6 Å². The number of rotatable bonds is 4. The Hall–Kier alpha value is -1.79. The molecule has 1 aliphatic rings. The number of nitrogens with zero attached hydrogens (tertiary/aromatic N) is 1. The molecular formula is C15H20ClN3O3. The van der Waals surface area contributed by atoms with Crippen LogP contribution in [0.1, 0.15) is 20.3 Å². The second-order valence-electron chi connectivity index (χ2n) is 6.02. The predicted octanol–water partition coefficient (Wildman–Crippen LogP) is 1.52. The third-order valence-electron chi connectivity index (χ3n) is 3.45. The Labute approximate surface area is 134 Å². The van der Waals surface area contributed by atoms with Crippen molar-refractivity contribution in [1.29, 1.82) is 0 Å². The van der Waals surface area contributed by atoms with Gasteiger partial charge >= 0.3 is 6.03 Å². The number of aliphatic hydroxyl groups excluding tert-OH is 1. The monoisotopic (exact) mass is 325 g/mol. The standard InChI is InChI=1S/C15H20ClN3O3/c1-15(2,9-20)18-14(22)17-11-7-13(21)19(8-11)12-5-3-10(16)4-6-12/h3-6,11,20H,7-9H2,1-2H3,(H2,17,18,22). The van der Waals surface area contributed by atoms with Gasteiger partial charge in [-0.3, -0.25) is 4.79 Å². The van der Waals surface area contributed by atoms with Crippen LogP contribution in [-0.2, 0) is 4.79 Å². The van der Waals surface area contributed by atoms with Gasteiger partial charge in [-0.1, -0.05) is 11.6 Å². The number of hydrogen-bond acceptors (Lipinski definition) is 3. The SMILES string of the molecule is CC(C)(CO)NC(=O)NC1CC(=O)N(c2ccc(Cl)cc2)C1. The summed E-state index contributed by atoms with van der Waals surface area (Å²) in [5.74, 6) is -0.0472. The van der Waals surface area contributed by atoms with Crippen molar-refractivity contribution in [1.82, 2.24) is 10.6 Å². The van der Waals surface area contributed by atoms with Gasteiger partial charge in [-0.2, -0.15) is 0 Å². The molecule has 7 heteroatoms. The normalized spacial score (nSPS) is 18.5. The molecule has 0 aliphatic carbocycles. The molecule has 3 amide bonds. The molecule has 120 valence electrons. The second-order valence-corrected chi connectivity index (χ2v) is 6.46. The molecule has 1 unspecified atom stereocenters. The van der Waals surface area contributed by atoms with Gasteiger partial charge in [0.05, 0.1) is 18.2 Å². The van der Waals surface area contributed by atoms with Crippen LogP contribution in [-0.4, -0.2) is 41.8 Å². The van der Waals surface area contributed by atoms with Crippen molar-refractivity contribution in [2.45, 2.75) is 31.8 Å². The van der Waals surface area contributed by atoms with Gasteiger partial charge in [0, 0.05) is 23.7 Å². The maximum atomic E-state index is 12.1. The maximum Gasteiger partial charge on any atom is 0.315 e. The Morgan fingerprint density at radius 2 is 2.05 bits per heavy atom. The number of aliphatic hydroxyl groups is 1. The van der Waals surface area contributed by atoms with Crippen molar-refractivity contribution < 1.29 is 14.7 Å². The lowest BCUT2D eigenvalue weighted by atomic mass is 10.1. The van der Waals surface area contributed by atoms with E-state index in [0.717, 1.165) is 5.69 Å². The Kier molecular flexibility index (Phi) is 4.93. The predicted molar refractivity (Wildman–Crippen MR) is 85.0 cm³/mol. The quantitative estimate of drug-likeness (QED) is 0.785. The first-order chi connectivity index (χ1) is 10.3. The molecule has 1 aliphatic heterocycles. The zero-order chi connectivity index (χ0) is 16.3. The average Bonchev–Trinajstić information content (AvgIpc) is 2.79. The number of halogens is 1. The van der Waals surface area contributed by atoms with Crippen LogP contribution < -0.4 is 15.5 Å². The third kappa shape index (κ3) is 4.11. The molecule has 22 heavy (non-hydrogen) atoms. The maximum absolute atomic E-state index is 12.1. The summed E-state index contributed by atoms with van der Waals surface area (Å²) < 4.78 is 0. The van der Waals surface area contributed by atoms with Crippen molar-refractivity contribution in [3.8, 4) is 0 Å². The lowest BCUT2D eigenvalue weighted by Crippen LogP contribution is -2.53. The van der Waals surface area contributed by atoms with Gasteiger partial charge in [0.15, 0.2) is 0 Å². The Bertz CT molecular complexity index is 560. The smallest absolute Gasteiger partial charge is 0.315 e. The fourth-order valence-corrected chi connectivity index (χ4v) is 2.37. The molecule has 0 aromatic heterocycles. The second kappa shape index (κ2) is 6.54. The van der Waals surface area contributed by atoms with Crippen molar-refractivity contribution >= 4 is 29.2 Å². The van der Waals surface area contributed by atoms with Crippen LogP contribution in [0.2, 0.25) is 5.02 Å². The zero-order valence-corrected chi connectivity index (χ0v) is 13.4. The number of amides is 3. The van der Waals surface area contributed by atoms with Gasteiger partial charge in [-0.25, -0.2) is 4.79 Å². The Morgan fingerprint density at radius 1 is 1.41 bits per heavy atom. The molecule has 0 radical (unpaired) electrons. The van der Waals surface area contributed by atoms with Crippen molar-refractivity contribution in [3.63, 3.8) is 0 Å². The van der Waals surface area contributed by atoms with Crippen molar-refractivity contribution in [3.05, 3.63) is 29.3 Å². The number of benzene rings is 1. The number of carbonyl (C=O) groups excluding carboxylic acids is 2. The van der Waals surface area contributed by atoms with Crippen LogP contribution in [0.15, 0.2) is 24.3 Å². The molecule has 1 fully saturated rings. The highest BCUT2D eigenvalue weighted by atomic mass is 35.5. The minimum Gasteiger partial charge on any atom is -0.394 e. The van der Waals surface area contributed by atoms with E-state index in [-0.39, 0.29) is 25.0 Å². The highest BCUT2D eigenvalue weighted by Crippen LogP contribution is 2.23. The molecule has 0 spiro atoms. The molecule has 0 bridgehead atoms. The van der Waals surface area contributed by atoms with Crippen LogP contribution in [0, 0.1) is 0 Å². The highest BCUT2D eigenvalue weighted by Gasteiger charge is 2.32. The first kappa shape index (κ1) is 16.6. The molecule has 0 saturated carbocycles. The van der Waals surface area contributed by atoms with Crippen LogP contribution in [0.25, 0.3) is 0 Å². The summed E-state index contributed by atoms with van der Waals surface area (Å²) in [6, 6.07) is 6.34. The topological polar surface area (TPSA) is 81.7 Å². The van der Waals surface area contributed by atoms with E-state index in [9.17, 15) is 9.59 Å². The number of hydrogen-bond donors (Lipinski definition) is 3. The third-order valence-corrected chi connectivity index (χ3v) is 3.70. The molecule has 1 atom stereocenters.